The van der Waals surface area contributed by atoms with Gasteiger partial charge in [0, 0.05) is 11.5 Å². The number of carbonyl (C=O) groups is 2. The second-order valence-electron chi connectivity index (χ2n) is 2.49. The van der Waals surface area contributed by atoms with Crippen molar-refractivity contribution in [1.82, 2.24) is 0 Å². The summed E-state index contributed by atoms with van der Waals surface area (Å²) in [6.45, 7) is 2.03. The standard InChI is InChI=1S/C8H14O4S2/c1-2-13-3-4-14-6(8(11)12)5-7(9)10/h6H,2-5H2,1H3,(H,9,10)(H,11,12)/t6-/m1/s1. The summed E-state index contributed by atoms with van der Waals surface area (Å²) in [4.78, 5) is 20.9. The van der Waals surface area contributed by atoms with Crippen molar-refractivity contribution in [3.05, 3.63) is 0 Å². The molecular formula is C8H14O4S2. The number of aliphatic carboxylic acids is 2. The van der Waals surface area contributed by atoms with Crippen molar-refractivity contribution in [2.45, 2.75) is 18.6 Å². The van der Waals surface area contributed by atoms with Crippen LogP contribution in [0.2, 0.25) is 0 Å². The van der Waals surface area contributed by atoms with Crippen LogP contribution in [-0.4, -0.2) is 44.7 Å². The molecule has 0 bridgehead atoms. The zero-order chi connectivity index (χ0) is 11.0. The number of thioether (sulfide) groups is 2. The molecule has 0 saturated carbocycles. The molecule has 0 aliphatic carbocycles. The van der Waals surface area contributed by atoms with Gasteiger partial charge in [0.05, 0.1) is 6.42 Å². The summed E-state index contributed by atoms with van der Waals surface area (Å²) in [5, 5.41) is 16.3. The van der Waals surface area contributed by atoms with Gasteiger partial charge < -0.3 is 10.2 Å². The Labute approximate surface area is 91.5 Å². The molecule has 0 aliphatic heterocycles. The number of hydrogen-bond donors (Lipinski definition) is 2. The van der Waals surface area contributed by atoms with Crippen molar-refractivity contribution < 1.29 is 19.8 Å². The molecule has 0 unspecified atom stereocenters. The quantitative estimate of drug-likeness (QED) is 0.623. The van der Waals surface area contributed by atoms with Crippen molar-refractivity contribution in [1.29, 1.82) is 0 Å². The normalized spacial score (nSPS) is 12.4. The molecule has 6 heteroatoms. The van der Waals surface area contributed by atoms with Crippen molar-refractivity contribution in [2.75, 3.05) is 17.3 Å². The topological polar surface area (TPSA) is 74.6 Å². The van der Waals surface area contributed by atoms with Gasteiger partial charge in [0.1, 0.15) is 5.25 Å². The zero-order valence-electron chi connectivity index (χ0n) is 7.93. The van der Waals surface area contributed by atoms with Gasteiger partial charge in [0.15, 0.2) is 0 Å². The average Bonchev–Trinajstić information content (AvgIpc) is 2.09. The molecule has 14 heavy (non-hydrogen) atoms. The van der Waals surface area contributed by atoms with Crippen LogP contribution in [0.15, 0.2) is 0 Å². The maximum absolute atomic E-state index is 10.6. The lowest BCUT2D eigenvalue weighted by Gasteiger charge is -2.08. The largest absolute Gasteiger partial charge is 0.481 e. The van der Waals surface area contributed by atoms with Crippen molar-refractivity contribution in [3.8, 4) is 0 Å². The molecule has 1 atom stereocenters. The summed E-state index contributed by atoms with van der Waals surface area (Å²) >= 11 is 2.92. The van der Waals surface area contributed by atoms with Crippen molar-refractivity contribution in [3.63, 3.8) is 0 Å². The summed E-state index contributed by atoms with van der Waals surface area (Å²) in [7, 11) is 0. The van der Waals surface area contributed by atoms with Crippen LogP contribution in [0.1, 0.15) is 13.3 Å². The molecule has 0 saturated heterocycles. The molecular weight excluding hydrogens is 224 g/mol. The van der Waals surface area contributed by atoms with Gasteiger partial charge in [-0.3, -0.25) is 9.59 Å². The van der Waals surface area contributed by atoms with Gasteiger partial charge in [0.25, 0.3) is 0 Å². The first-order chi connectivity index (χ1) is 6.57. The fourth-order valence-electron chi connectivity index (χ4n) is 0.770. The van der Waals surface area contributed by atoms with E-state index in [-0.39, 0.29) is 6.42 Å². The third-order valence-electron chi connectivity index (χ3n) is 1.39. The molecule has 0 aliphatic rings. The zero-order valence-corrected chi connectivity index (χ0v) is 9.57. The number of carboxylic acid groups (broad SMARTS) is 2. The highest BCUT2D eigenvalue weighted by Crippen LogP contribution is 2.16. The van der Waals surface area contributed by atoms with Crippen LogP contribution in [0, 0.1) is 0 Å². The molecule has 0 fully saturated rings. The van der Waals surface area contributed by atoms with Crippen molar-refractivity contribution >= 4 is 35.5 Å². The molecule has 0 heterocycles. The lowest BCUT2D eigenvalue weighted by molar-refractivity contribution is -0.142. The van der Waals surface area contributed by atoms with Gasteiger partial charge in [-0.05, 0) is 5.75 Å². The lowest BCUT2D eigenvalue weighted by atomic mass is 10.3. The second kappa shape index (κ2) is 7.99. The van der Waals surface area contributed by atoms with E-state index in [1.165, 1.54) is 11.8 Å². The predicted octanol–water partition coefficient (Wildman–Crippen LogP) is 1.40. The molecule has 0 aromatic carbocycles. The van der Waals surface area contributed by atoms with E-state index < -0.39 is 17.2 Å². The number of carboxylic acids is 2. The number of rotatable bonds is 8. The second-order valence-corrected chi connectivity index (χ2v) is 5.20. The summed E-state index contributed by atoms with van der Waals surface area (Å²) in [6.07, 6.45) is -0.309. The first kappa shape index (κ1) is 13.6. The monoisotopic (exact) mass is 238 g/mol. The smallest absolute Gasteiger partial charge is 0.317 e. The summed E-state index contributed by atoms with van der Waals surface area (Å²) in [5.74, 6) is 0.441. The fourth-order valence-corrected chi connectivity index (χ4v) is 2.60. The van der Waals surface area contributed by atoms with E-state index in [2.05, 4.69) is 0 Å². The SMILES string of the molecule is CCSCCS[C@H](CC(=O)O)C(=O)O. The Morgan fingerprint density at radius 3 is 2.36 bits per heavy atom. The van der Waals surface area contributed by atoms with Crippen LogP contribution in [0.3, 0.4) is 0 Å². The molecule has 2 N–H and O–H groups in total. The van der Waals surface area contributed by atoms with Crippen LogP contribution in [-0.2, 0) is 9.59 Å². The first-order valence-corrected chi connectivity index (χ1v) is 6.42. The predicted molar refractivity (Wildman–Crippen MR) is 59.1 cm³/mol. The molecule has 0 aromatic heterocycles. The Balaban J connectivity index is 3.74. The molecule has 4 nitrogen and oxygen atoms in total. The molecule has 0 aromatic rings. The van der Waals surface area contributed by atoms with Gasteiger partial charge in [-0.25, -0.2) is 0 Å². The highest BCUT2D eigenvalue weighted by atomic mass is 32.2. The molecule has 0 radical (unpaired) electrons. The summed E-state index contributed by atoms with van der Waals surface area (Å²) in [5.41, 5.74) is 0. The van der Waals surface area contributed by atoms with Gasteiger partial charge in [-0.1, -0.05) is 6.92 Å². The molecule has 0 amide bonds. The van der Waals surface area contributed by atoms with Crippen LogP contribution in [0.5, 0.6) is 0 Å². The third-order valence-corrected chi connectivity index (χ3v) is 3.76. The minimum Gasteiger partial charge on any atom is -0.481 e. The van der Waals surface area contributed by atoms with E-state index >= 15 is 0 Å². The van der Waals surface area contributed by atoms with Crippen LogP contribution >= 0.6 is 23.5 Å². The minimum atomic E-state index is -1.06. The molecule has 0 spiro atoms. The van der Waals surface area contributed by atoms with Crippen LogP contribution in [0.25, 0.3) is 0 Å². The van der Waals surface area contributed by atoms with Gasteiger partial charge in [0.2, 0.25) is 0 Å². The Morgan fingerprint density at radius 2 is 1.93 bits per heavy atom. The van der Waals surface area contributed by atoms with Crippen molar-refractivity contribution in [2.24, 2.45) is 0 Å². The fraction of sp³-hybridized carbons (Fsp3) is 0.750. The Morgan fingerprint density at radius 1 is 1.29 bits per heavy atom. The maximum atomic E-state index is 10.6. The minimum absolute atomic E-state index is 0.309. The number of hydrogen-bond acceptors (Lipinski definition) is 4. The Bertz CT molecular complexity index is 196. The first-order valence-electron chi connectivity index (χ1n) is 4.21. The summed E-state index contributed by atoms with van der Waals surface area (Å²) in [6, 6.07) is 0. The van der Waals surface area contributed by atoms with E-state index in [4.69, 9.17) is 10.2 Å². The maximum Gasteiger partial charge on any atom is 0.317 e. The van der Waals surface area contributed by atoms with Crippen LogP contribution < -0.4 is 0 Å². The lowest BCUT2D eigenvalue weighted by Crippen LogP contribution is -2.21. The van der Waals surface area contributed by atoms with E-state index in [0.717, 1.165) is 11.5 Å². The van der Waals surface area contributed by atoms with E-state index in [0.29, 0.717) is 5.75 Å². The van der Waals surface area contributed by atoms with E-state index in [1.807, 2.05) is 6.92 Å². The molecule has 0 rings (SSSR count). The van der Waals surface area contributed by atoms with Gasteiger partial charge in [-0.15, -0.1) is 11.8 Å². The molecule has 82 valence electrons. The van der Waals surface area contributed by atoms with Gasteiger partial charge >= 0.3 is 11.9 Å². The van der Waals surface area contributed by atoms with E-state index in [9.17, 15) is 9.59 Å². The Kier molecular flexibility index (Phi) is 7.78. The van der Waals surface area contributed by atoms with Crippen LogP contribution in [0.4, 0.5) is 0 Å². The van der Waals surface area contributed by atoms with Gasteiger partial charge in [-0.2, -0.15) is 11.8 Å². The Hall–Kier alpha value is -0.360. The summed E-state index contributed by atoms with van der Waals surface area (Å²) < 4.78 is 0. The average molecular weight is 238 g/mol. The highest BCUT2D eigenvalue weighted by Gasteiger charge is 2.20. The highest BCUT2D eigenvalue weighted by molar-refractivity contribution is 8.03. The van der Waals surface area contributed by atoms with E-state index in [1.54, 1.807) is 11.8 Å². The third kappa shape index (κ3) is 7.08.